The zero-order valence-electron chi connectivity index (χ0n) is 5.58. The molecule has 0 aromatic carbocycles. The molecule has 2 heterocycles. The summed E-state index contributed by atoms with van der Waals surface area (Å²) >= 11 is 0. The maximum atomic E-state index is 9.25. The van der Waals surface area contributed by atoms with Crippen LogP contribution in [0.5, 0.6) is 0 Å². The van der Waals surface area contributed by atoms with Crippen LogP contribution in [0.15, 0.2) is 0 Å². The molecule has 2 rings (SSSR count). The SMILES string of the molecule is OC1CC2CCN(C1)C2. The molecule has 0 aromatic heterocycles. The van der Waals surface area contributed by atoms with Crippen LogP contribution in [0, 0.1) is 5.92 Å². The largest absolute Gasteiger partial charge is 0.392 e. The van der Waals surface area contributed by atoms with Gasteiger partial charge in [0.05, 0.1) is 6.10 Å². The monoisotopic (exact) mass is 127 g/mol. The molecular weight excluding hydrogens is 114 g/mol. The number of nitrogens with zero attached hydrogens (tertiary/aromatic N) is 1. The first-order chi connectivity index (χ1) is 4.34. The van der Waals surface area contributed by atoms with E-state index in [1.54, 1.807) is 0 Å². The molecule has 0 amide bonds. The van der Waals surface area contributed by atoms with E-state index >= 15 is 0 Å². The van der Waals surface area contributed by atoms with Gasteiger partial charge in [0, 0.05) is 13.1 Å². The predicted molar refractivity (Wildman–Crippen MR) is 35.2 cm³/mol. The highest BCUT2D eigenvalue weighted by Gasteiger charge is 2.30. The highest BCUT2D eigenvalue weighted by atomic mass is 16.3. The van der Waals surface area contributed by atoms with Gasteiger partial charge in [-0.25, -0.2) is 0 Å². The van der Waals surface area contributed by atoms with Crippen molar-refractivity contribution in [3.63, 3.8) is 0 Å². The maximum Gasteiger partial charge on any atom is 0.0670 e. The van der Waals surface area contributed by atoms with Crippen LogP contribution < -0.4 is 0 Å². The van der Waals surface area contributed by atoms with Gasteiger partial charge in [-0.05, 0) is 25.3 Å². The first-order valence-electron chi connectivity index (χ1n) is 3.75. The summed E-state index contributed by atoms with van der Waals surface area (Å²) in [6, 6.07) is 0. The van der Waals surface area contributed by atoms with Crippen molar-refractivity contribution in [2.75, 3.05) is 19.6 Å². The number of hydrogen-bond acceptors (Lipinski definition) is 2. The quantitative estimate of drug-likeness (QED) is 0.498. The average Bonchev–Trinajstić information content (AvgIpc) is 2.11. The Labute approximate surface area is 55.5 Å². The highest BCUT2D eigenvalue weighted by molar-refractivity contribution is 4.84. The van der Waals surface area contributed by atoms with Crippen molar-refractivity contribution in [3.05, 3.63) is 0 Å². The van der Waals surface area contributed by atoms with Crippen molar-refractivity contribution in [1.29, 1.82) is 0 Å². The summed E-state index contributed by atoms with van der Waals surface area (Å²) in [5.41, 5.74) is 0. The fraction of sp³-hybridized carbons (Fsp3) is 1.00. The lowest BCUT2D eigenvalue weighted by atomic mass is 9.99. The molecule has 2 fully saturated rings. The zero-order chi connectivity index (χ0) is 6.27. The van der Waals surface area contributed by atoms with E-state index < -0.39 is 0 Å². The smallest absolute Gasteiger partial charge is 0.0670 e. The van der Waals surface area contributed by atoms with E-state index in [0.717, 1.165) is 18.9 Å². The molecule has 0 saturated carbocycles. The number of aliphatic hydroxyl groups is 1. The second-order valence-corrected chi connectivity index (χ2v) is 3.30. The molecule has 1 N–H and O–H groups in total. The summed E-state index contributed by atoms with van der Waals surface area (Å²) in [7, 11) is 0. The Morgan fingerprint density at radius 2 is 2.22 bits per heavy atom. The molecule has 3 unspecified atom stereocenters. The van der Waals surface area contributed by atoms with Gasteiger partial charge < -0.3 is 10.0 Å². The van der Waals surface area contributed by atoms with Crippen molar-refractivity contribution in [1.82, 2.24) is 4.90 Å². The van der Waals surface area contributed by atoms with E-state index in [0.29, 0.717) is 0 Å². The molecular formula is C7H13NO. The van der Waals surface area contributed by atoms with Gasteiger partial charge in [-0.3, -0.25) is 0 Å². The third kappa shape index (κ3) is 0.970. The third-order valence-corrected chi connectivity index (χ3v) is 2.44. The van der Waals surface area contributed by atoms with E-state index in [2.05, 4.69) is 4.90 Å². The normalized spacial score (nSPS) is 49.7. The molecule has 0 aromatic rings. The Morgan fingerprint density at radius 1 is 1.33 bits per heavy atom. The van der Waals surface area contributed by atoms with Gasteiger partial charge in [0.25, 0.3) is 0 Å². The number of piperidine rings is 1. The van der Waals surface area contributed by atoms with Gasteiger partial charge in [-0.1, -0.05) is 0 Å². The molecule has 2 aliphatic heterocycles. The molecule has 0 aliphatic carbocycles. The standard InChI is InChI=1S/C7H13NO/c9-7-3-6-1-2-8(4-6)5-7/h6-7,9H,1-5H2. The lowest BCUT2D eigenvalue weighted by Gasteiger charge is -2.25. The molecule has 3 atom stereocenters. The molecule has 0 spiro atoms. The fourth-order valence-corrected chi connectivity index (χ4v) is 2.03. The van der Waals surface area contributed by atoms with Gasteiger partial charge in [-0.2, -0.15) is 0 Å². The van der Waals surface area contributed by atoms with Crippen molar-refractivity contribution in [3.8, 4) is 0 Å². The Balaban J connectivity index is 2.03. The number of hydrogen-bond donors (Lipinski definition) is 1. The molecule has 2 saturated heterocycles. The summed E-state index contributed by atoms with van der Waals surface area (Å²) in [5.74, 6) is 0.814. The van der Waals surface area contributed by atoms with E-state index in [-0.39, 0.29) is 6.10 Å². The van der Waals surface area contributed by atoms with E-state index in [1.165, 1.54) is 19.5 Å². The molecule has 9 heavy (non-hydrogen) atoms. The van der Waals surface area contributed by atoms with Crippen LogP contribution >= 0.6 is 0 Å². The van der Waals surface area contributed by atoms with Crippen LogP contribution in [0.1, 0.15) is 12.8 Å². The lowest BCUT2D eigenvalue weighted by Crippen LogP contribution is -2.36. The second kappa shape index (κ2) is 1.96. The zero-order valence-corrected chi connectivity index (χ0v) is 5.58. The summed E-state index contributed by atoms with van der Waals surface area (Å²) < 4.78 is 0. The van der Waals surface area contributed by atoms with Crippen molar-refractivity contribution >= 4 is 0 Å². The van der Waals surface area contributed by atoms with Crippen LogP contribution in [0.3, 0.4) is 0 Å². The molecule has 2 heteroatoms. The molecule has 52 valence electrons. The summed E-state index contributed by atoms with van der Waals surface area (Å²) in [5, 5.41) is 9.25. The Hall–Kier alpha value is -0.0800. The molecule has 0 radical (unpaired) electrons. The Kier molecular flexibility index (Phi) is 1.24. The fourth-order valence-electron chi connectivity index (χ4n) is 2.03. The summed E-state index contributed by atoms with van der Waals surface area (Å²) in [6.07, 6.45) is 2.35. The second-order valence-electron chi connectivity index (χ2n) is 3.30. The highest BCUT2D eigenvalue weighted by Crippen LogP contribution is 2.26. The third-order valence-electron chi connectivity index (χ3n) is 2.44. The minimum atomic E-state index is -0.0220. The van der Waals surface area contributed by atoms with Crippen LogP contribution in [-0.4, -0.2) is 35.7 Å². The van der Waals surface area contributed by atoms with E-state index in [4.69, 9.17) is 0 Å². The maximum absolute atomic E-state index is 9.25. The number of fused-ring (bicyclic) bond motifs is 2. The molecule has 2 bridgehead atoms. The minimum absolute atomic E-state index is 0.0220. The first-order valence-corrected chi connectivity index (χ1v) is 3.75. The van der Waals surface area contributed by atoms with Gasteiger partial charge in [0.15, 0.2) is 0 Å². The minimum Gasteiger partial charge on any atom is -0.392 e. The molecule has 2 aliphatic rings. The van der Waals surface area contributed by atoms with Gasteiger partial charge in [-0.15, -0.1) is 0 Å². The Morgan fingerprint density at radius 3 is 3.00 bits per heavy atom. The Bertz CT molecular complexity index is 103. The lowest BCUT2D eigenvalue weighted by molar-refractivity contribution is 0.0785. The van der Waals surface area contributed by atoms with Crippen LogP contribution in [-0.2, 0) is 0 Å². The van der Waals surface area contributed by atoms with Gasteiger partial charge in [0.1, 0.15) is 0 Å². The van der Waals surface area contributed by atoms with Crippen molar-refractivity contribution < 1.29 is 5.11 Å². The van der Waals surface area contributed by atoms with E-state index in [9.17, 15) is 5.11 Å². The molecule has 2 nitrogen and oxygen atoms in total. The van der Waals surface area contributed by atoms with Crippen LogP contribution in [0.4, 0.5) is 0 Å². The summed E-state index contributed by atoms with van der Waals surface area (Å²) in [4.78, 5) is 2.36. The summed E-state index contributed by atoms with van der Waals surface area (Å²) in [6.45, 7) is 3.40. The number of aliphatic hydroxyl groups excluding tert-OH is 1. The topological polar surface area (TPSA) is 23.5 Å². The van der Waals surface area contributed by atoms with Gasteiger partial charge in [0.2, 0.25) is 0 Å². The van der Waals surface area contributed by atoms with Crippen molar-refractivity contribution in [2.24, 2.45) is 5.92 Å². The van der Waals surface area contributed by atoms with Crippen LogP contribution in [0.2, 0.25) is 0 Å². The average molecular weight is 127 g/mol. The number of rotatable bonds is 0. The van der Waals surface area contributed by atoms with Crippen molar-refractivity contribution in [2.45, 2.75) is 18.9 Å². The first kappa shape index (κ1) is 5.69. The van der Waals surface area contributed by atoms with Crippen LogP contribution in [0.25, 0.3) is 0 Å². The predicted octanol–water partition coefficient (Wildman–Crippen LogP) is 0.0729. The van der Waals surface area contributed by atoms with Gasteiger partial charge >= 0.3 is 0 Å². The van der Waals surface area contributed by atoms with E-state index in [1.807, 2.05) is 0 Å².